The van der Waals surface area contributed by atoms with Gasteiger partial charge in [-0.25, -0.2) is 0 Å². The molecular formula is C14H19N3O2. The third-order valence-corrected chi connectivity index (χ3v) is 3.46. The Bertz CT molecular complexity index is 476. The molecule has 2 rings (SSSR count). The number of rotatable bonds is 4. The maximum Gasteiger partial charge on any atom is 0.244 e. The van der Waals surface area contributed by atoms with Crippen LogP contribution in [-0.4, -0.2) is 23.9 Å². The van der Waals surface area contributed by atoms with Crippen LogP contribution >= 0.6 is 0 Å². The van der Waals surface area contributed by atoms with Crippen molar-refractivity contribution in [3.8, 4) is 0 Å². The van der Waals surface area contributed by atoms with Crippen LogP contribution in [0.2, 0.25) is 0 Å². The minimum atomic E-state index is -0.480. The fourth-order valence-corrected chi connectivity index (χ4v) is 2.26. The monoisotopic (exact) mass is 261 g/mol. The molecule has 1 atom stereocenters. The Kier molecular flexibility index (Phi) is 3.85. The van der Waals surface area contributed by atoms with E-state index in [4.69, 9.17) is 5.73 Å². The van der Waals surface area contributed by atoms with Crippen molar-refractivity contribution in [1.82, 2.24) is 5.32 Å². The summed E-state index contributed by atoms with van der Waals surface area (Å²) in [5.74, 6) is -0.382. The highest BCUT2D eigenvalue weighted by Gasteiger charge is 2.35. The van der Waals surface area contributed by atoms with Gasteiger partial charge in [0.05, 0.1) is 12.0 Å². The van der Waals surface area contributed by atoms with E-state index < -0.39 is 5.54 Å². The molecule has 0 aliphatic carbocycles. The van der Waals surface area contributed by atoms with Gasteiger partial charge in [-0.1, -0.05) is 12.1 Å². The Labute approximate surface area is 112 Å². The second-order valence-corrected chi connectivity index (χ2v) is 5.16. The number of hydrogen-bond donors (Lipinski definition) is 3. The van der Waals surface area contributed by atoms with Gasteiger partial charge in [-0.05, 0) is 44.0 Å². The zero-order valence-corrected chi connectivity index (χ0v) is 11.0. The normalized spacial score (nSPS) is 22.2. The summed E-state index contributed by atoms with van der Waals surface area (Å²) >= 11 is 0. The highest BCUT2D eigenvalue weighted by atomic mass is 16.2. The van der Waals surface area contributed by atoms with E-state index in [0.717, 1.165) is 30.6 Å². The largest absolute Gasteiger partial charge is 0.369 e. The number of amides is 2. The summed E-state index contributed by atoms with van der Waals surface area (Å²) in [6, 6.07) is 7.17. The van der Waals surface area contributed by atoms with Crippen molar-refractivity contribution >= 4 is 17.5 Å². The summed E-state index contributed by atoms with van der Waals surface area (Å²) in [4.78, 5) is 22.9. The average Bonchev–Trinajstić information content (AvgIpc) is 2.79. The molecule has 1 aliphatic heterocycles. The third kappa shape index (κ3) is 3.32. The number of carbonyl (C=O) groups excluding carboxylic acids is 2. The summed E-state index contributed by atoms with van der Waals surface area (Å²) in [5.41, 5.74) is 6.22. The molecule has 1 fully saturated rings. The third-order valence-electron chi connectivity index (χ3n) is 3.46. The molecule has 1 unspecified atom stereocenters. The first-order valence-electron chi connectivity index (χ1n) is 6.43. The predicted octanol–water partition coefficient (Wildman–Crippen LogP) is 0.795. The van der Waals surface area contributed by atoms with Gasteiger partial charge in [-0.15, -0.1) is 0 Å². The van der Waals surface area contributed by atoms with Crippen molar-refractivity contribution in [2.45, 2.75) is 31.7 Å². The molecule has 1 heterocycles. The second kappa shape index (κ2) is 5.40. The molecule has 1 saturated heterocycles. The van der Waals surface area contributed by atoms with Crippen molar-refractivity contribution in [3.05, 3.63) is 29.8 Å². The van der Waals surface area contributed by atoms with Crippen LogP contribution in [0.15, 0.2) is 24.3 Å². The fourth-order valence-electron chi connectivity index (χ4n) is 2.26. The molecule has 0 radical (unpaired) electrons. The van der Waals surface area contributed by atoms with E-state index in [9.17, 15) is 9.59 Å². The Morgan fingerprint density at radius 3 is 2.58 bits per heavy atom. The molecule has 5 nitrogen and oxygen atoms in total. The van der Waals surface area contributed by atoms with Gasteiger partial charge in [0.15, 0.2) is 0 Å². The van der Waals surface area contributed by atoms with Crippen molar-refractivity contribution < 1.29 is 9.59 Å². The number of nitrogens with one attached hydrogen (secondary N) is 2. The van der Waals surface area contributed by atoms with Gasteiger partial charge < -0.3 is 16.4 Å². The first kappa shape index (κ1) is 13.5. The molecule has 2 amide bonds. The van der Waals surface area contributed by atoms with Crippen molar-refractivity contribution in [2.75, 3.05) is 11.9 Å². The molecule has 5 heteroatoms. The van der Waals surface area contributed by atoms with Crippen LogP contribution < -0.4 is 16.4 Å². The van der Waals surface area contributed by atoms with E-state index >= 15 is 0 Å². The van der Waals surface area contributed by atoms with Gasteiger partial charge >= 0.3 is 0 Å². The molecule has 19 heavy (non-hydrogen) atoms. The van der Waals surface area contributed by atoms with Crippen LogP contribution in [0.1, 0.15) is 25.3 Å². The summed E-state index contributed by atoms with van der Waals surface area (Å²) in [5, 5.41) is 6.10. The van der Waals surface area contributed by atoms with E-state index in [1.165, 1.54) is 0 Å². The first-order valence-corrected chi connectivity index (χ1v) is 6.43. The molecule has 0 saturated carbocycles. The SMILES string of the molecule is CC1(C(=O)Nc2ccc(CC(N)=O)cc2)CCCN1. The van der Waals surface area contributed by atoms with E-state index in [0.29, 0.717) is 0 Å². The van der Waals surface area contributed by atoms with Gasteiger partial charge in [-0.3, -0.25) is 9.59 Å². The second-order valence-electron chi connectivity index (χ2n) is 5.16. The topological polar surface area (TPSA) is 84.2 Å². The first-order chi connectivity index (χ1) is 8.99. The summed E-state index contributed by atoms with van der Waals surface area (Å²) in [6.07, 6.45) is 2.08. The maximum absolute atomic E-state index is 12.2. The van der Waals surface area contributed by atoms with Gasteiger partial charge in [0.2, 0.25) is 11.8 Å². The molecule has 1 aromatic carbocycles. The minimum absolute atomic E-state index is 0.0207. The van der Waals surface area contributed by atoms with Crippen molar-refractivity contribution in [3.63, 3.8) is 0 Å². The number of benzene rings is 1. The Morgan fingerprint density at radius 1 is 1.37 bits per heavy atom. The zero-order chi connectivity index (χ0) is 13.9. The number of anilines is 1. The molecule has 0 spiro atoms. The minimum Gasteiger partial charge on any atom is -0.369 e. The number of primary amides is 1. The van der Waals surface area contributed by atoms with Gasteiger partial charge in [-0.2, -0.15) is 0 Å². The predicted molar refractivity (Wildman–Crippen MR) is 73.6 cm³/mol. The molecule has 1 aliphatic rings. The van der Waals surface area contributed by atoms with Crippen LogP contribution in [0.4, 0.5) is 5.69 Å². The van der Waals surface area contributed by atoms with E-state index in [-0.39, 0.29) is 18.2 Å². The highest BCUT2D eigenvalue weighted by Crippen LogP contribution is 2.21. The zero-order valence-electron chi connectivity index (χ0n) is 11.0. The Morgan fingerprint density at radius 2 is 2.05 bits per heavy atom. The number of carbonyl (C=O) groups is 2. The lowest BCUT2D eigenvalue weighted by molar-refractivity contribution is -0.121. The molecule has 1 aromatic rings. The summed E-state index contributed by atoms with van der Waals surface area (Å²) in [7, 11) is 0. The van der Waals surface area contributed by atoms with Gasteiger partial charge in [0.1, 0.15) is 0 Å². The van der Waals surface area contributed by atoms with Crippen LogP contribution in [0.25, 0.3) is 0 Å². The molecule has 4 N–H and O–H groups in total. The molecule has 0 aromatic heterocycles. The lowest BCUT2D eigenvalue weighted by Gasteiger charge is -2.23. The van der Waals surface area contributed by atoms with Gasteiger partial charge in [0, 0.05) is 5.69 Å². The fraction of sp³-hybridized carbons (Fsp3) is 0.429. The molecule has 102 valence electrons. The summed E-state index contributed by atoms with van der Waals surface area (Å²) < 4.78 is 0. The lowest BCUT2D eigenvalue weighted by atomic mass is 9.99. The maximum atomic E-state index is 12.2. The Hall–Kier alpha value is -1.88. The quantitative estimate of drug-likeness (QED) is 0.749. The van der Waals surface area contributed by atoms with E-state index in [1.807, 2.05) is 6.92 Å². The van der Waals surface area contributed by atoms with Crippen LogP contribution in [0.3, 0.4) is 0 Å². The van der Waals surface area contributed by atoms with Crippen LogP contribution in [-0.2, 0) is 16.0 Å². The van der Waals surface area contributed by atoms with Crippen LogP contribution in [0.5, 0.6) is 0 Å². The standard InChI is InChI=1S/C14H19N3O2/c1-14(7-2-8-16-14)13(19)17-11-5-3-10(4-6-11)9-12(15)18/h3-6,16H,2,7-9H2,1H3,(H2,15,18)(H,17,19). The van der Waals surface area contributed by atoms with E-state index in [1.54, 1.807) is 24.3 Å². The lowest BCUT2D eigenvalue weighted by Crippen LogP contribution is -2.47. The van der Waals surface area contributed by atoms with Crippen molar-refractivity contribution in [1.29, 1.82) is 0 Å². The van der Waals surface area contributed by atoms with E-state index in [2.05, 4.69) is 10.6 Å². The average molecular weight is 261 g/mol. The van der Waals surface area contributed by atoms with Gasteiger partial charge in [0.25, 0.3) is 0 Å². The molecular weight excluding hydrogens is 242 g/mol. The highest BCUT2D eigenvalue weighted by molar-refractivity contribution is 5.98. The molecule has 0 bridgehead atoms. The number of nitrogens with two attached hydrogens (primary N) is 1. The number of hydrogen-bond acceptors (Lipinski definition) is 3. The smallest absolute Gasteiger partial charge is 0.244 e. The Balaban J connectivity index is 1.99. The van der Waals surface area contributed by atoms with Crippen LogP contribution in [0, 0.1) is 0 Å². The van der Waals surface area contributed by atoms with Crippen molar-refractivity contribution in [2.24, 2.45) is 5.73 Å². The summed E-state index contributed by atoms with van der Waals surface area (Å²) in [6.45, 7) is 2.79.